The van der Waals surface area contributed by atoms with E-state index in [1.807, 2.05) is 0 Å². The summed E-state index contributed by atoms with van der Waals surface area (Å²) in [6, 6.07) is 3.58. The Kier molecular flexibility index (Phi) is 1.13. The highest BCUT2D eigenvalue weighted by atomic mass is 16.3. The average molecular weight is 96.1 g/mol. The summed E-state index contributed by atoms with van der Waals surface area (Å²) in [5, 5.41) is 0. The average Bonchev–Trinajstić information content (AvgIpc) is 2.14. The Labute approximate surface area is 41.9 Å². The standard InChI is InChI=1S/C5H6NO/c6-4-5-2-1-3-7-5/h1-4H,6H2. The minimum atomic E-state index is 0.708. The van der Waals surface area contributed by atoms with Gasteiger partial charge in [-0.15, -0.1) is 0 Å². The molecule has 2 nitrogen and oxygen atoms in total. The second-order valence-corrected chi connectivity index (χ2v) is 1.18. The van der Waals surface area contributed by atoms with Crippen LogP contribution in [-0.4, -0.2) is 0 Å². The van der Waals surface area contributed by atoms with Crippen LogP contribution in [0.15, 0.2) is 22.8 Å². The lowest BCUT2D eigenvalue weighted by Gasteiger charge is -1.79. The Morgan fingerprint density at radius 1 is 1.71 bits per heavy atom. The highest BCUT2D eigenvalue weighted by molar-refractivity contribution is 5.05. The summed E-state index contributed by atoms with van der Waals surface area (Å²) < 4.78 is 4.80. The van der Waals surface area contributed by atoms with E-state index >= 15 is 0 Å². The fourth-order valence-corrected chi connectivity index (χ4v) is 0.386. The number of rotatable bonds is 1. The van der Waals surface area contributed by atoms with Crippen LogP contribution in [0, 0.1) is 6.54 Å². The van der Waals surface area contributed by atoms with Crippen molar-refractivity contribution < 1.29 is 4.42 Å². The molecule has 37 valence electrons. The van der Waals surface area contributed by atoms with Gasteiger partial charge < -0.3 is 10.2 Å². The molecule has 0 unspecified atom stereocenters. The summed E-state index contributed by atoms with van der Waals surface area (Å²) in [6.07, 6.45) is 1.58. The molecule has 0 saturated heterocycles. The van der Waals surface area contributed by atoms with Crippen molar-refractivity contribution >= 4 is 0 Å². The van der Waals surface area contributed by atoms with Crippen LogP contribution in [0.1, 0.15) is 5.76 Å². The maximum absolute atomic E-state index is 5.08. The quantitative estimate of drug-likeness (QED) is 0.560. The van der Waals surface area contributed by atoms with Gasteiger partial charge in [-0.1, -0.05) is 0 Å². The Morgan fingerprint density at radius 2 is 2.57 bits per heavy atom. The lowest BCUT2D eigenvalue weighted by molar-refractivity contribution is 0.539. The van der Waals surface area contributed by atoms with Crippen molar-refractivity contribution in [2.75, 3.05) is 0 Å². The van der Waals surface area contributed by atoms with Crippen molar-refractivity contribution in [2.24, 2.45) is 5.73 Å². The van der Waals surface area contributed by atoms with E-state index in [4.69, 9.17) is 10.2 Å². The summed E-state index contributed by atoms with van der Waals surface area (Å²) >= 11 is 0. The number of hydrogen-bond donors (Lipinski definition) is 1. The van der Waals surface area contributed by atoms with E-state index in [1.54, 1.807) is 18.4 Å². The summed E-state index contributed by atoms with van der Waals surface area (Å²) in [7, 11) is 0. The third kappa shape index (κ3) is 0.810. The molecule has 0 fully saturated rings. The zero-order valence-electron chi connectivity index (χ0n) is 3.79. The SMILES string of the molecule is N[CH]c1ccco1. The smallest absolute Gasteiger partial charge is 0.122 e. The summed E-state index contributed by atoms with van der Waals surface area (Å²) in [5.41, 5.74) is 5.08. The van der Waals surface area contributed by atoms with Gasteiger partial charge in [0.1, 0.15) is 5.76 Å². The van der Waals surface area contributed by atoms with E-state index in [1.165, 1.54) is 6.54 Å². The second kappa shape index (κ2) is 1.80. The van der Waals surface area contributed by atoms with E-state index in [0.717, 1.165) is 0 Å². The maximum Gasteiger partial charge on any atom is 0.122 e. The van der Waals surface area contributed by atoms with Gasteiger partial charge >= 0.3 is 0 Å². The normalized spacial score (nSPS) is 9.29. The predicted molar refractivity (Wildman–Crippen MR) is 26.3 cm³/mol. The number of hydrogen-bond acceptors (Lipinski definition) is 2. The van der Waals surface area contributed by atoms with E-state index in [0.29, 0.717) is 5.76 Å². The van der Waals surface area contributed by atoms with Crippen LogP contribution < -0.4 is 5.73 Å². The van der Waals surface area contributed by atoms with Crippen LogP contribution in [-0.2, 0) is 0 Å². The number of nitrogens with two attached hydrogens (primary N) is 1. The molecule has 0 atom stereocenters. The predicted octanol–water partition coefficient (Wildman–Crippen LogP) is 0.748. The first-order chi connectivity index (χ1) is 3.43. The van der Waals surface area contributed by atoms with Crippen molar-refractivity contribution in [1.82, 2.24) is 0 Å². The van der Waals surface area contributed by atoms with Crippen molar-refractivity contribution in [1.29, 1.82) is 0 Å². The van der Waals surface area contributed by atoms with Crippen molar-refractivity contribution in [3.05, 3.63) is 30.7 Å². The molecule has 7 heavy (non-hydrogen) atoms. The van der Waals surface area contributed by atoms with Gasteiger partial charge in [0, 0.05) is 0 Å². The largest absolute Gasteiger partial charge is 0.468 e. The molecular formula is C5H6NO. The molecule has 0 aliphatic heterocycles. The lowest BCUT2D eigenvalue weighted by Crippen LogP contribution is -1.87. The van der Waals surface area contributed by atoms with Gasteiger partial charge in [0.05, 0.1) is 12.8 Å². The third-order valence-electron chi connectivity index (χ3n) is 0.707. The fourth-order valence-electron chi connectivity index (χ4n) is 0.386. The van der Waals surface area contributed by atoms with Gasteiger partial charge in [-0.25, -0.2) is 0 Å². The highest BCUT2D eigenvalue weighted by Crippen LogP contribution is 1.97. The minimum Gasteiger partial charge on any atom is -0.468 e. The Bertz CT molecular complexity index is 123. The molecule has 0 amide bonds. The molecule has 0 saturated carbocycles. The van der Waals surface area contributed by atoms with Crippen LogP contribution in [0.3, 0.4) is 0 Å². The van der Waals surface area contributed by atoms with E-state index in [2.05, 4.69) is 0 Å². The fraction of sp³-hybridized carbons (Fsp3) is 0. The molecule has 1 rings (SSSR count). The minimum absolute atomic E-state index is 0.708. The zero-order valence-corrected chi connectivity index (χ0v) is 3.79. The number of furan rings is 1. The Morgan fingerprint density at radius 3 is 2.86 bits per heavy atom. The van der Waals surface area contributed by atoms with Crippen LogP contribution in [0.5, 0.6) is 0 Å². The van der Waals surface area contributed by atoms with Crippen molar-refractivity contribution in [3.8, 4) is 0 Å². The van der Waals surface area contributed by atoms with Crippen LogP contribution in [0.25, 0.3) is 0 Å². The molecule has 2 N–H and O–H groups in total. The highest BCUT2D eigenvalue weighted by Gasteiger charge is 1.85. The molecule has 0 aliphatic carbocycles. The molecule has 1 aromatic rings. The molecular weight excluding hydrogens is 90.1 g/mol. The van der Waals surface area contributed by atoms with Gasteiger partial charge in [-0.3, -0.25) is 0 Å². The van der Waals surface area contributed by atoms with E-state index < -0.39 is 0 Å². The molecule has 0 bridgehead atoms. The van der Waals surface area contributed by atoms with Gasteiger partial charge in [0.15, 0.2) is 0 Å². The van der Waals surface area contributed by atoms with Gasteiger partial charge in [-0.05, 0) is 12.1 Å². The van der Waals surface area contributed by atoms with Crippen molar-refractivity contribution in [2.45, 2.75) is 0 Å². The molecule has 0 aliphatic rings. The molecule has 1 heterocycles. The summed E-state index contributed by atoms with van der Waals surface area (Å²) in [4.78, 5) is 0. The second-order valence-electron chi connectivity index (χ2n) is 1.18. The first-order valence-corrected chi connectivity index (χ1v) is 2.02. The van der Waals surface area contributed by atoms with Crippen LogP contribution in [0.2, 0.25) is 0 Å². The molecule has 0 spiro atoms. The van der Waals surface area contributed by atoms with E-state index in [-0.39, 0.29) is 0 Å². The van der Waals surface area contributed by atoms with Gasteiger partial charge in [0.2, 0.25) is 0 Å². The zero-order chi connectivity index (χ0) is 5.11. The summed E-state index contributed by atoms with van der Waals surface area (Å²) in [5.74, 6) is 0.708. The first-order valence-electron chi connectivity index (χ1n) is 2.02. The topological polar surface area (TPSA) is 39.2 Å². The maximum atomic E-state index is 5.08. The van der Waals surface area contributed by atoms with Crippen LogP contribution in [0.4, 0.5) is 0 Å². The van der Waals surface area contributed by atoms with Gasteiger partial charge in [0.25, 0.3) is 0 Å². The Balaban J connectivity index is 2.76. The van der Waals surface area contributed by atoms with Crippen LogP contribution >= 0.6 is 0 Å². The lowest BCUT2D eigenvalue weighted by atomic mass is 10.5. The summed E-state index contributed by atoms with van der Waals surface area (Å²) in [6.45, 7) is 1.42. The first kappa shape index (κ1) is 4.40. The molecule has 2 heteroatoms. The Hall–Kier alpha value is -0.760. The molecule has 0 aromatic carbocycles. The molecule has 1 radical (unpaired) electrons. The molecule has 1 aromatic heterocycles. The third-order valence-corrected chi connectivity index (χ3v) is 0.707. The van der Waals surface area contributed by atoms with Crippen molar-refractivity contribution in [3.63, 3.8) is 0 Å². The van der Waals surface area contributed by atoms with E-state index in [9.17, 15) is 0 Å². The van der Waals surface area contributed by atoms with Gasteiger partial charge in [-0.2, -0.15) is 0 Å². The monoisotopic (exact) mass is 96.0 g/mol.